The number of hydrogen-bond donors (Lipinski definition) is 3. The van der Waals surface area contributed by atoms with E-state index in [0.717, 1.165) is 16.7 Å². The van der Waals surface area contributed by atoms with Crippen LogP contribution in [0.4, 0.5) is 5.69 Å². The Morgan fingerprint density at radius 2 is 1.42 bits per heavy atom. The SMILES string of the molecule is Cc1cc(C)c(C)c(S(=O)(=O)Nc2cc(-c3ccccc3)ccc2C(=O)N[C@H](C(=O)O)C(C)C)c1C. The molecule has 0 aliphatic carbocycles. The molecule has 0 aliphatic rings. The minimum absolute atomic E-state index is 0.0323. The summed E-state index contributed by atoms with van der Waals surface area (Å²) in [6, 6.07) is 15.0. The second kappa shape index (κ2) is 10.5. The number of hydrogen-bond acceptors (Lipinski definition) is 4. The van der Waals surface area contributed by atoms with Crippen molar-refractivity contribution in [1.82, 2.24) is 5.32 Å². The van der Waals surface area contributed by atoms with Gasteiger partial charge in [0.1, 0.15) is 6.04 Å². The summed E-state index contributed by atoms with van der Waals surface area (Å²) in [6.07, 6.45) is 0. The van der Waals surface area contributed by atoms with E-state index in [4.69, 9.17) is 0 Å². The lowest BCUT2D eigenvalue weighted by molar-refractivity contribution is -0.140. The van der Waals surface area contributed by atoms with E-state index < -0.39 is 27.9 Å². The average Bonchev–Trinajstić information content (AvgIpc) is 2.81. The minimum atomic E-state index is -4.08. The minimum Gasteiger partial charge on any atom is -0.480 e. The van der Waals surface area contributed by atoms with Crippen molar-refractivity contribution in [2.24, 2.45) is 5.92 Å². The van der Waals surface area contributed by atoms with E-state index in [2.05, 4.69) is 10.0 Å². The van der Waals surface area contributed by atoms with E-state index >= 15 is 0 Å². The summed E-state index contributed by atoms with van der Waals surface area (Å²) < 4.78 is 30.0. The Kier molecular flexibility index (Phi) is 7.89. The Hall–Kier alpha value is -3.65. The average molecular weight is 509 g/mol. The fourth-order valence-electron chi connectivity index (χ4n) is 4.15. The van der Waals surface area contributed by atoms with Gasteiger partial charge in [-0.3, -0.25) is 9.52 Å². The Labute approximate surface area is 212 Å². The van der Waals surface area contributed by atoms with Gasteiger partial charge < -0.3 is 10.4 Å². The zero-order valence-electron chi connectivity index (χ0n) is 21.3. The summed E-state index contributed by atoms with van der Waals surface area (Å²) in [5.41, 5.74) is 4.59. The van der Waals surface area contributed by atoms with Crippen molar-refractivity contribution in [3.63, 3.8) is 0 Å². The molecule has 8 heteroatoms. The second-order valence-corrected chi connectivity index (χ2v) is 11.0. The predicted molar refractivity (Wildman–Crippen MR) is 142 cm³/mol. The quantitative estimate of drug-likeness (QED) is 0.386. The van der Waals surface area contributed by atoms with Gasteiger partial charge in [0.25, 0.3) is 15.9 Å². The highest BCUT2D eigenvalue weighted by molar-refractivity contribution is 7.92. The lowest BCUT2D eigenvalue weighted by Gasteiger charge is -2.21. The smallest absolute Gasteiger partial charge is 0.326 e. The maximum absolute atomic E-state index is 13.7. The molecule has 0 aromatic heterocycles. The lowest BCUT2D eigenvalue weighted by atomic mass is 10.0. The van der Waals surface area contributed by atoms with Crippen molar-refractivity contribution in [1.29, 1.82) is 0 Å². The highest BCUT2D eigenvalue weighted by atomic mass is 32.2. The van der Waals surface area contributed by atoms with Crippen LogP contribution in [0, 0.1) is 33.6 Å². The molecular weight excluding hydrogens is 476 g/mol. The first-order chi connectivity index (χ1) is 16.8. The Balaban J connectivity index is 2.15. The van der Waals surface area contributed by atoms with Gasteiger partial charge >= 0.3 is 5.97 Å². The molecule has 0 saturated heterocycles. The Bertz CT molecular complexity index is 1390. The largest absolute Gasteiger partial charge is 0.480 e. The Morgan fingerprint density at radius 1 is 0.833 bits per heavy atom. The van der Waals surface area contributed by atoms with Crippen molar-refractivity contribution in [3.05, 3.63) is 82.4 Å². The van der Waals surface area contributed by atoms with Gasteiger partial charge in [-0.2, -0.15) is 0 Å². The molecule has 36 heavy (non-hydrogen) atoms. The molecule has 1 amide bonds. The molecule has 7 nitrogen and oxygen atoms in total. The van der Waals surface area contributed by atoms with Crippen molar-refractivity contribution < 1.29 is 23.1 Å². The molecule has 3 rings (SSSR count). The first-order valence-corrected chi connectivity index (χ1v) is 13.1. The predicted octanol–water partition coefficient (Wildman–Crippen LogP) is 5.23. The summed E-state index contributed by atoms with van der Waals surface area (Å²) in [6.45, 7) is 10.6. The van der Waals surface area contributed by atoms with Crippen LogP contribution in [0.1, 0.15) is 46.5 Å². The Morgan fingerprint density at radius 3 is 1.94 bits per heavy atom. The molecule has 0 saturated carbocycles. The van der Waals surface area contributed by atoms with E-state index in [9.17, 15) is 23.1 Å². The van der Waals surface area contributed by atoms with E-state index in [1.165, 1.54) is 6.07 Å². The monoisotopic (exact) mass is 508 g/mol. The highest BCUT2D eigenvalue weighted by Crippen LogP contribution is 2.31. The van der Waals surface area contributed by atoms with Crippen LogP contribution in [0.15, 0.2) is 59.5 Å². The number of benzene rings is 3. The van der Waals surface area contributed by atoms with E-state index in [1.54, 1.807) is 39.8 Å². The first kappa shape index (κ1) is 26.9. The van der Waals surface area contributed by atoms with Crippen molar-refractivity contribution in [2.45, 2.75) is 52.5 Å². The van der Waals surface area contributed by atoms with Gasteiger partial charge in [0.2, 0.25) is 0 Å². The molecule has 1 atom stereocenters. The number of anilines is 1. The van der Waals surface area contributed by atoms with Crippen LogP contribution in [0.5, 0.6) is 0 Å². The van der Waals surface area contributed by atoms with Crippen LogP contribution in [0.25, 0.3) is 11.1 Å². The second-order valence-electron chi connectivity index (χ2n) is 9.35. The standard InChI is InChI=1S/C28H32N2O5S/c1-16(2)25(28(32)33)29-27(31)23-13-12-22(21-10-8-7-9-11-21)15-24(23)30-36(34,35)26-19(5)17(3)14-18(4)20(26)6/h7-16,25,30H,1-6H3,(H,29,31)(H,32,33)/t25-/m0/s1. The van der Waals surface area contributed by atoms with E-state index in [0.29, 0.717) is 16.7 Å². The lowest BCUT2D eigenvalue weighted by Crippen LogP contribution is -2.44. The number of aliphatic carboxylic acids is 1. The zero-order chi connectivity index (χ0) is 26.8. The zero-order valence-corrected chi connectivity index (χ0v) is 22.2. The van der Waals surface area contributed by atoms with Gasteiger partial charge in [0, 0.05) is 0 Å². The fraction of sp³-hybridized carbons (Fsp3) is 0.286. The molecule has 0 aliphatic heterocycles. The molecule has 3 aromatic rings. The number of carboxylic acids is 1. The number of aryl methyl sites for hydroxylation is 2. The van der Waals surface area contributed by atoms with Crippen molar-refractivity contribution >= 4 is 27.6 Å². The molecule has 3 aromatic carbocycles. The summed E-state index contributed by atoms with van der Waals surface area (Å²) in [4.78, 5) is 25.0. The van der Waals surface area contributed by atoms with Gasteiger partial charge in [-0.25, -0.2) is 13.2 Å². The van der Waals surface area contributed by atoms with Gasteiger partial charge in [-0.05, 0) is 79.1 Å². The molecule has 3 N–H and O–H groups in total. The highest BCUT2D eigenvalue weighted by Gasteiger charge is 2.28. The third kappa shape index (κ3) is 5.60. The maximum atomic E-state index is 13.7. The number of nitrogens with one attached hydrogen (secondary N) is 2. The van der Waals surface area contributed by atoms with Crippen LogP contribution in [0.3, 0.4) is 0 Å². The molecule has 0 spiro atoms. The van der Waals surface area contributed by atoms with Crippen LogP contribution in [-0.4, -0.2) is 31.4 Å². The summed E-state index contributed by atoms with van der Waals surface area (Å²) in [5, 5.41) is 12.0. The van der Waals surface area contributed by atoms with Gasteiger partial charge in [-0.15, -0.1) is 0 Å². The molecule has 0 bridgehead atoms. The van der Waals surface area contributed by atoms with Crippen LogP contribution >= 0.6 is 0 Å². The molecule has 0 fully saturated rings. The third-order valence-electron chi connectivity index (χ3n) is 6.40. The van der Waals surface area contributed by atoms with Crippen LogP contribution in [0.2, 0.25) is 0 Å². The molecule has 0 radical (unpaired) electrons. The number of sulfonamides is 1. The summed E-state index contributed by atoms with van der Waals surface area (Å²) >= 11 is 0. The van der Waals surface area contributed by atoms with E-state index in [1.807, 2.05) is 50.2 Å². The van der Waals surface area contributed by atoms with Crippen LogP contribution in [-0.2, 0) is 14.8 Å². The number of carbonyl (C=O) groups excluding carboxylic acids is 1. The number of amides is 1. The molecule has 0 unspecified atom stereocenters. The third-order valence-corrected chi connectivity index (χ3v) is 8.04. The summed E-state index contributed by atoms with van der Waals surface area (Å²) in [7, 11) is -4.08. The number of carboxylic acid groups (broad SMARTS) is 1. The van der Waals surface area contributed by atoms with Crippen LogP contribution < -0.4 is 10.0 Å². The maximum Gasteiger partial charge on any atom is 0.326 e. The fourth-order valence-corrected chi connectivity index (χ4v) is 5.84. The number of carbonyl (C=O) groups is 2. The van der Waals surface area contributed by atoms with Crippen molar-refractivity contribution in [3.8, 4) is 11.1 Å². The van der Waals surface area contributed by atoms with Gasteiger partial charge in [-0.1, -0.05) is 56.3 Å². The van der Waals surface area contributed by atoms with Crippen molar-refractivity contribution in [2.75, 3.05) is 4.72 Å². The summed E-state index contributed by atoms with van der Waals surface area (Å²) in [5.74, 6) is -2.21. The first-order valence-electron chi connectivity index (χ1n) is 11.7. The molecule has 0 heterocycles. The number of rotatable bonds is 8. The normalized spacial score (nSPS) is 12.3. The van der Waals surface area contributed by atoms with Gasteiger partial charge in [0.05, 0.1) is 16.1 Å². The van der Waals surface area contributed by atoms with E-state index in [-0.39, 0.29) is 22.1 Å². The molecule has 190 valence electrons. The molecular formula is C28H32N2O5S. The van der Waals surface area contributed by atoms with Gasteiger partial charge in [0.15, 0.2) is 0 Å². The topological polar surface area (TPSA) is 113 Å².